The van der Waals surface area contributed by atoms with Crippen LogP contribution in [0.5, 0.6) is 5.75 Å². The third kappa shape index (κ3) is 8.71. The van der Waals surface area contributed by atoms with E-state index in [1.165, 1.54) is 60.7 Å². The number of hydrogen-bond donors (Lipinski definition) is 2. The summed E-state index contributed by atoms with van der Waals surface area (Å²) in [5, 5.41) is 8.52. The average molecular weight is 408 g/mol. The zero-order chi connectivity index (χ0) is 18.4. The van der Waals surface area contributed by atoms with E-state index in [-0.39, 0.29) is 69.8 Å². The minimum atomic E-state index is -4.25. The molecule has 2 N–H and O–H groups in total. The van der Waals surface area contributed by atoms with Gasteiger partial charge in [-0.1, -0.05) is 18.2 Å². The third-order valence-electron chi connectivity index (χ3n) is 3.11. The number of ether oxygens (including phenoxy) is 1. The maximum absolute atomic E-state index is 12.1. The van der Waals surface area contributed by atoms with E-state index in [4.69, 9.17) is 14.4 Å². The molecule has 0 saturated carbocycles. The number of carbonyl (C=O) groups is 2. The minimum Gasteiger partial charge on any atom is -0.482 e. The molecule has 2 aromatic rings. The van der Waals surface area contributed by atoms with Crippen LogP contribution in [0, 0.1) is 0 Å². The second kappa shape index (κ2) is 11.8. The molecular formula is C17H14Na2O7S. The SMILES string of the molecule is O=C(O)COc1ccc(C(=O)C=Cc2ccc(S(=O)(=O)O)cc2)cc1.[Na].[Na]. The molecule has 2 radical (unpaired) electrons. The van der Waals surface area contributed by atoms with Gasteiger partial charge in [0.05, 0.1) is 4.90 Å². The summed E-state index contributed by atoms with van der Waals surface area (Å²) >= 11 is 0. The van der Waals surface area contributed by atoms with E-state index < -0.39 is 22.7 Å². The molecule has 10 heteroatoms. The molecule has 0 bridgehead atoms. The minimum absolute atomic E-state index is 0. The van der Waals surface area contributed by atoms with Crippen LogP contribution in [-0.4, -0.2) is 95.6 Å². The fraction of sp³-hybridized carbons (Fsp3) is 0.0588. The van der Waals surface area contributed by atoms with Crippen LogP contribution < -0.4 is 4.74 Å². The number of allylic oxidation sites excluding steroid dienone is 1. The number of hydrogen-bond acceptors (Lipinski definition) is 5. The fourth-order valence-corrected chi connectivity index (χ4v) is 2.36. The van der Waals surface area contributed by atoms with Gasteiger partial charge in [-0.05, 0) is 48.0 Å². The summed E-state index contributed by atoms with van der Waals surface area (Å²) in [6.45, 7) is -0.466. The molecule has 0 fully saturated rings. The summed E-state index contributed by atoms with van der Waals surface area (Å²) in [6.07, 6.45) is 2.82. The first-order chi connectivity index (χ1) is 11.8. The Bertz CT molecular complexity index is 905. The van der Waals surface area contributed by atoms with Gasteiger partial charge >= 0.3 is 5.97 Å². The first kappa shape index (κ1) is 26.0. The zero-order valence-corrected chi connectivity index (χ0v) is 19.6. The van der Waals surface area contributed by atoms with E-state index in [1.807, 2.05) is 0 Å². The topological polar surface area (TPSA) is 118 Å². The number of rotatable bonds is 7. The molecule has 7 nitrogen and oxygen atoms in total. The smallest absolute Gasteiger partial charge is 0.341 e. The van der Waals surface area contributed by atoms with Gasteiger partial charge in [0.1, 0.15) is 5.75 Å². The van der Waals surface area contributed by atoms with Gasteiger partial charge in [-0.3, -0.25) is 9.35 Å². The number of benzene rings is 2. The van der Waals surface area contributed by atoms with Gasteiger partial charge in [0.2, 0.25) is 0 Å². The quantitative estimate of drug-likeness (QED) is 0.309. The summed E-state index contributed by atoms with van der Waals surface area (Å²) in [5.41, 5.74) is 0.968. The molecule has 0 aliphatic carbocycles. The molecule has 2 rings (SSSR count). The van der Waals surface area contributed by atoms with Crippen molar-refractivity contribution in [2.75, 3.05) is 6.61 Å². The Morgan fingerprint density at radius 1 is 0.963 bits per heavy atom. The third-order valence-corrected chi connectivity index (χ3v) is 3.97. The summed E-state index contributed by atoms with van der Waals surface area (Å²) in [7, 11) is -4.25. The molecule has 0 heterocycles. The van der Waals surface area contributed by atoms with E-state index in [0.29, 0.717) is 16.9 Å². The van der Waals surface area contributed by atoms with Crippen LogP contribution in [0.2, 0.25) is 0 Å². The van der Waals surface area contributed by atoms with Crippen molar-refractivity contribution in [3.63, 3.8) is 0 Å². The van der Waals surface area contributed by atoms with Crippen LogP contribution in [0.1, 0.15) is 15.9 Å². The molecular weight excluding hydrogens is 394 g/mol. The zero-order valence-electron chi connectivity index (χ0n) is 14.8. The summed E-state index contributed by atoms with van der Waals surface area (Å²) in [6, 6.07) is 11.4. The van der Waals surface area contributed by atoms with Crippen molar-refractivity contribution in [1.82, 2.24) is 0 Å². The summed E-state index contributed by atoms with van der Waals surface area (Å²) < 4.78 is 35.8. The van der Waals surface area contributed by atoms with Crippen molar-refractivity contribution in [2.45, 2.75) is 4.90 Å². The maximum Gasteiger partial charge on any atom is 0.341 e. The molecule has 0 aliphatic heterocycles. The molecule has 132 valence electrons. The Hall–Kier alpha value is -0.970. The molecule has 2 aromatic carbocycles. The van der Waals surface area contributed by atoms with Crippen LogP contribution in [0.15, 0.2) is 59.5 Å². The first-order valence-corrected chi connectivity index (χ1v) is 8.44. The van der Waals surface area contributed by atoms with Crippen molar-refractivity contribution in [1.29, 1.82) is 0 Å². The van der Waals surface area contributed by atoms with Gasteiger partial charge < -0.3 is 9.84 Å². The predicted octanol–water partition coefficient (Wildman–Crippen LogP) is 1.53. The summed E-state index contributed by atoms with van der Waals surface area (Å²) in [5.74, 6) is -1.05. The van der Waals surface area contributed by atoms with Crippen LogP contribution in [0.3, 0.4) is 0 Å². The van der Waals surface area contributed by atoms with E-state index >= 15 is 0 Å². The van der Waals surface area contributed by atoms with Crippen LogP contribution in [-0.2, 0) is 14.9 Å². The van der Waals surface area contributed by atoms with Gasteiger partial charge in [0.15, 0.2) is 12.4 Å². The van der Waals surface area contributed by atoms with Gasteiger partial charge in [0.25, 0.3) is 10.1 Å². The Balaban J connectivity index is 0.00000338. The Morgan fingerprint density at radius 2 is 1.52 bits per heavy atom. The van der Waals surface area contributed by atoms with E-state index in [9.17, 15) is 18.0 Å². The van der Waals surface area contributed by atoms with Gasteiger partial charge in [-0.15, -0.1) is 0 Å². The van der Waals surface area contributed by atoms with Crippen molar-refractivity contribution in [2.24, 2.45) is 0 Å². The summed E-state index contributed by atoms with van der Waals surface area (Å²) in [4.78, 5) is 22.2. The number of ketones is 1. The van der Waals surface area contributed by atoms with Crippen LogP contribution >= 0.6 is 0 Å². The molecule has 0 aromatic heterocycles. The van der Waals surface area contributed by atoms with Crippen LogP contribution in [0.4, 0.5) is 0 Å². The van der Waals surface area contributed by atoms with Gasteiger partial charge in [0, 0.05) is 64.7 Å². The second-order valence-electron chi connectivity index (χ2n) is 4.95. The van der Waals surface area contributed by atoms with Crippen molar-refractivity contribution < 1.29 is 32.4 Å². The monoisotopic (exact) mass is 408 g/mol. The van der Waals surface area contributed by atoms with E-state index in [1.54, 1.807) is 0 Å². The van der Waals surface area contributed by atoms with Crippen molar-refractivity contribution in [3.8, 4) is 5.75 Å². The number of aliphatic carboxylic acids is 1. The predicted molar refractivity (Wildman–Crippen MR) is 101 cm³/mol. The second-order valence-corrected chi connectivity index (χ2v) is 6.37. The maximum atomic E-state index is 12.1. The molecule has 27 heavy (non-hydrogen) atoms. The van der Waals surface area contributed by atoms with E-state index in [0.717, 1.165) is 0 Å². The molecule has 0 atom stereocenters. The fourth-order valence-electron chi connectivity index (χ4n) is 1.88. The normalized spacial score (nSPS) is 10.6. The molecule has 0 aliphatic rings. The molecule has 0 spiro atoms. The number of carbonyl (C=O) groups excluding carboxylic acids is 1. The van der Waals surface area contributed by atoms with Crippen molar-refractivity contribution in [3.05, 3.63) is 65.7 Å². The molecule has 0 amide bonds. The number of carboxylic acids is 1. The van der Waals surface area contributed by atoms with Gasteiger partial charge in [-0.2, -0.15) is 8.42 Å². The van der Waals surface area contributed by atoms with Crippen molar-refractivity contribution >= 4 is 87.1 Å². The van der Waals surface area contributed by atoms with Crippen LogP contribution in [0.25, 0.3) is 6.08 Å². The first-order valence-electron chi connectivity index (χ1n) is 7.00. The largest absolute Gasteiger partial charge is 0.482 e. The Morgan fingerprint density at radius 3 is 2.00 bits per heavy atom. The Labute approximate surface area is 200 Å². The van der Waals surface area contributed by atoms with Gasteiger partial charge in [-0.25, -0.2) is 4.79 Å². The molecule has 0 saturated heterocycles. The standard InChI is InChI=1S/C17H14O7S.2Na/c18-16(13-4-6-14(7-5-13)24-11-17(19)20)10-3-12-1-8-15(9-2-12)25(21,22)23;;/h1-10H,11H2,(H,19,20)(H,21,22,23);;. The molecule has 0 unspecified atom stereocenters. The van der Waals surface area contributed by atoms with E-state index in [2.05, 4.69) is 0 Å². The number of carboxylic acid groups (broad SMARTS) is 1. The average Bonchev–Trinajstić information content (AvgIpc) is 2.58. The Kier molecular flexibility index (Phi) is 11.4.